The Labute approximate surface area is 141 Å². The van der Waals surface area contributed by atoms with Crippen molar-refractivity contribution in [2.45, 2.75) is 25.2 Å². The van der Waals surface area contributed by atoms with Crippen LogP contribution in [0.1, 0.15) is 35.0 Å². The first-order chi connectivity index (χ1) is 11.8. The Kier molecular flexibility index (Phi) is 5.39. The summed E-state index contributed by atoms with van der Waals surface area (Å²) in [5, 5.41) is 0. The molecule has 4 heteroatoms. The highest BCUT2D eigenvalue weighted by molar-refractivity contribution is 5.32. The van der Waals surface area contributed by atoms with E-state index in [-0.39, 0.29) is 11.7 Å². The molecule has 3 nitrogen and oxygen atoms in total. The van der Waals surface area contributed by atoms with Crippen LogP contribution in [0.5, 0.6) is 0 Å². The van der Waals surface area contributed by atoms with E-state index in [2.05, 4.69) is 22.1 Å². The summed E-state index contributed by atoms with van der Waals surface area (Å²) in [6.07, 6.45) is 4.41. The summed E-state index contributed by atoms with van der Waals surface area (Å²) in [5.74, 6) is 0.986. The molecule has 0 fully saturated rings. The lowest BCUT2D eigenvalue weighted by Gasteiger charge is -2.17. The van der Waals surface area contributed by atoms with E-state index in [4.69, 9.17) is 5.73 Å². The summed E-state index contributed by atoms with van der Waals surface area (Å²) in [4.78, 5) is 7.77. The largest absolute Gasteiger partial charge is 0.346 e. The predicted octanol–water partition coefficient (Wildman–Crippen LogP) is 3.81. The quantitative estimate of drug-likeness (QED) is 0.694. The van der Waals surface area contributed by atoms with Crippen LogP contribution in [0.25, 0.3) is 0 Å². The van der Waals surface area contributed by atoms with Crippen molar-refractivity contribution in [3.8, 4) is 0 Å². The molecule has 24 heavy (non-hydrogen) atoms. The van der Waals surface area contributed by atoms with Gasteiger partial charge in [-0.1, -0.05) is 42.5 Å². The number of aromatic nitrogens is 2. The molecule has 3 aromatic rings. The highest BCUT2D eigenvalue weighted by Gasteiger charge is 2.15. The maximum Gasteiger partial charge on any atom is 0.123 e. The summed E-state index contributed by atoms with van der Waals surface area (Å²) in [6.45, 7) is 0.615. The molecule has 2 aromatic carbocycles. The predicted molar refractivity (Wildman–Crippen MR) is 94.4 cm³/mol. The highest BCUT2D eigenvalue weighted by atomic mass is 19.1. The summed E-state index contributed by atoms with van der Waals surface area (Å²) < 4.78 is 13.3. The summed E-state index contributed by atoms with van der Waals surface area (Å²) in [5.41, 5.74) is 9.01. The van der Waals surface area contributed by atoms with Crippen molar-refractivity contribution in [3.63, 3.8) is 0 Å². The van der Waals surface area contributed by atoms with Gasteiger partial charge in [-0.25, -0.2) is 9.37 Å². The van der Waals surface area contributed by atoms with E-state index in [0.717, 1.165) is 36.3 Å². The number of imidazole rings is 1. The molecule has 0 radical (unpaired) electrons. The number of hydrogen-bond donors (Lipinski definition) is 2. The zero-order chi connectivity index (χ0) is 16.8. The summed E-state index contributed by atoms with van der Waals surface area (Å²) in [7, 11) is 0. The molecule has 1 aromatic heterocycles. The molecule has 1 unspecified atom stereocenters. The van der Waals surface area contributed by atoms with Gasteiger partial charge in [0.2, 0.25) is 0 Å². The van der Waals surface area contributed by atoms with Crippen LogP contribution >= 0.6 is 0 Å². The van der Waals surface area contributed by atoms with Crippen LogP contribution in [0.2, 0.25) is 0 Å². The van der Waals surface area contributed by atoms with Crippen molar-refractivity contribution in [2.75, 3.05) is 6.54 Å². The summed E-state index contributed by atoms with van der Waals surface area (Å²) >= 11 is 0. The second-order valence-corrected chi connectivity index (χ2v) is 5.95. The smallest absolute Gasteiger partial charge is 0.123 e. The fourth-order valence-corrected chi connectivity index (χ4v) is 3.00. The Morgan fingerprint density at radius 1 is 0.958 bits per heavy atom. The molecule has 124 valence electrons. The van der Waals surface area contributed by atoms with E-state index in [0.29, 0.717) is 6.54 Å². The van der Waals surface area contributed by atoms with E-state index < -0.39 is 0 Å². The second-order valence-electron chi connectivity index (χ2n) is 5.95. The molecular formula is C20H22FN3. The minimum Gasteiger partial charge on any atom is -0.346 e. The first-order valence-corrected chi connectivity index (χ1v) is 8.29. The number of hydrogen-bond acceptors (Lipinski definition) is 2. The van der Waals surface area contributed by atoms with Crippen LogP contribution in [0.3, 0.4) is 0 Å². The maximum atomic E-state index is 13.3. The van der Waals surface area contributed by atoms with E-state index in [1.54, 1.807) is 0 Å². The Hall–Kier alpha value is -2.46. The topological polar surface area (TPSA) is 54.7 Å². The third-order valence-electron chi connectivity index (χ3n) is 4.24. The van der Waals surface area contributed by atoms with Crippen molar-refractivity contribution in [1.29, 1.82) is 0 Å². The number of benzene rings is 2. The van der Waals surface area contributed by atoms with Gasteiger partial charge in [-0.05, 0) is 36.2 Å². The van der Waals surface area contributed by atoms with Gasteiger partial charge < -0.3 is 10.7 Å². The van der Waals surface area contributed by atoms with Gasteiger partial charge in [0.1, 0.15) is 11.6 Å². The number of aryl methyl sites for hydroxylation is 1. The van der Waals surface area contributed by atoms with Crippen LogP contribution in [-0.4, -0.2) is 16.5 Å². The zero-order valence-electron chi connectivity index (χ0n) is 13.6. The minimum atomic E-state index is -0.206. The van der Waals surface area contributed by atoms with Crippen molar-refractivity contribution >= 4 is 0 Å². The molecular weight excluding hydrogens is 301 g/mol. The second kappa shape index (κ2) is 7.88. The van der Waals surface area contributed by atoms with Gasteiger partial charge in [0.05, 0.1) is 0 Å². The van der Waals surface area contributed by atoms with Crippen LogP contribution < -0.4 is 5.73 Å². The van der Waals surface area contributed by atoms with Crippen LogP contribution in [0.15, 0.2) is 60.8 Å². The number of halogens is 1. The van der Waals surface area contributed by atoms with Crippen molar-refractivity contribution in [1.82, 2.24) is 9.97 Å². The standard InChI is InChI=1S/C20H22FN3/c21-17-8-6-16(7-9-17)19(15-4-2-1-3-5-15)10-11-20-23-14-18(24-20)12-13-22/h1-9,14,19H,10-13,22H2,(H,23,24). The van der Waals surface area contributed by atoms with Gasteiger partial charge in [0.15, 0.2) is 0 Å². The average Bonchev–Trinajstić information content (AvgIpc) is 3.05. The Balaban J connectivity index is 1.78. The lowest BCUT2D eigenvalue weighted by atomic mass is 9.87. The molecule has 3 rings (SSSR count). The molecule has 1 heterocycles. The molecule has 0 bridgehead atoms. The SMILES string of the molecule is NCCc1cnc(CCC(c2ccccc2)c2ccc(F)cc2)[nH]1. The fourth-order valence-electron chi connectivity index (χ4n) is 3.00. The Bertz CT molecular complexity index is 750. The van der Waals surface area contributed by atoms with Crippen LogP contribution in [0, 0.1) is 5.82 Å². The molecule has 0 spiro atoms. The van der Waals surface area contributed by atoms with Gasteiger partial charge in [-0.15, -0.1) is 0 Å². The zero-order valence-corrected chi connectivity index (χ0v) is 13.6. The van der Waals surface area contributed by atoms with Crippen LogP contribution in [-0.2, 0) is 12.8 Å². The van der Waals surface area contributed by atoms with E-state index in [1.165, 1.54) is 17.7 Å². The molecule has 3 N–H and O–H groups in total. The fraction of sp³-hybridized carbons (Fsp3) is 0.250. The first kappa shape index (κ1) is 16.4. The van der Waals surface area contributed by atoms with Gasteiger partial charge in [-0.2, -0.15) is 0 Å². The molecule has 0 saturated carbocycles. The van der Waals surface area contributed by atoms with E-state index >= 15 is 0 Å². The van der Waals surface area contributed by atoms with Crippen LogP contribution in [0.4, 0.5) is 4.39 Å². The molecule has 0 aliphatic carbocycles. The third-order valence-corrected chi connectivity index (χ3v) is 4.24. The van der Waals surface area contributed by atoms with Gasteiger partial charge >= 0.3 is 0 Å². The normalized spacial score (nSPS) is 12.2. The lowest BCUT2D eigenvalue weighted by Crippen LogP contribution is -2.05. The van der Waals surface area contributed by atoms with E-state index in [1.807, 2.05) is 36.5 Å². The lowest BCUT2D eigenvalue weighted by molar-refractivity contribution is 0.624. The number of H-pyrrole nitrogens is 1. The van der Waals surface area contributed by atoms with Gasteiger partial charge in [-0.3, -0.25) is 0 Å². The number of nitrogens with one attached hydrogen (secondary N) is 1. The first-order valence-electron chi connectivity index (χ1n) is 8.29. The number of aromatic amines is 1. The van der Waals surface area contributed by atoms with Crippen molar-refractivity contribution in [3.05, 3.63) is 89.3 Å². The molecule has 0 aliphatic heterocycles. The molecule has 0 amide bonds. The maximum absolute atomic E-state index is 13.3. The third kappa shape index (κ3) is 4.09. The minimum absolute atomic E-state index is 0.206. The number of rotatable bonds is 7. The van der Waals surface area contributed by atoms with Gasteiger partial charge in [0.25, 0.3) is 0 Å². The average molecular weight is 323 g/mol. The number of nitrogens with zero attached hydrogens (tertiary/aromatic N) is 1. The summed E-state index contributed by atoms with van der Waals surface area (Å²) in [6, 6.07) is 17.1. The number of nitrogens with two attached hydrogens (primary N) is 1. The Morgan fingerprint density at radius 3 is 2.38 bits per heavy atom. The molecule has 0 saturated heterocycles. The monoisotopic (exact) mass is 323 g/mol. The Morgan fingerprint density at radius 2 is 1.67 bits per heavy atom. The molecule has 0 aliphatic rings. The van der Waals surface area contributed by atoms with E-state index in [9.17, 15) is 4.39 Å². The van der Waals surface area contributed by atoms with Crippen molar-refractivity contribution < 1.29 is 4.39 Å². The van der Waals surface area contributed by atoms with Gasteiger partial charge in [0, 0.05) is 30.7 Å². The van der Waals surface area contributed by atoms with Crippen molar-refractivity contribution in [2.24, 2.45) is 5.73 Å². The molecule has 1 atom stereocenters. The highest BCUT2D eigenvalue weighted by Crippen LogP contribution is 2.29.